The van der Waals surface area contributed by atoms with Gasteiger partial charge in [-0.25, -0.2) is 13.2 Å². The van der Waals surface area contributed by atoms with Crippen molar-refractivity contribution in [3.63, 3.8) is 0 Å². The number of carboxylic acids is 1. The monoisotopic (exact) mass is 306 g/mol. The number of hydrogen-bond acceptors (Lipinski definition) is 5. The molecule has 1 fully saturated rings. The number of aliphatic carboxylic acids is 1. The van der Waals surface area contributed by atoms with Gasteiger partial charge in [0.05, 0.1) is 11.2 Å². The van der Waals surface area contributed by atoms with Crippen molar-refractivity contribution in [1.82, 2.24) is 10.6 Å². The third kappa shape index (κ3) is 4.45. The summed E-state index contributed by atoms with van der Waals surface area (Å²) in [6.07, 6.45) is 2.20. The van der Waals surface area contributed by atoms with Crippen LogP contribution in [0.3, 0.4) is 0 Å². The van der Waals surface area contributed by atoms with E-state index in [-0.39, 0.29) is 18.1 Å². The Kier molecular flexibility index (Phi) is 5.52. The molecule has 7 nitrogen and oxygen atoms in total. The van der Waals surface area contributed by atoms with E-state index in [1.165, 1.54) is 0 Å². The van der Waals surface area contributed by atoms with Crippen LogP contribution in [0.15, 0.2) is 0 Å². The van der Waals surface area contributed by atoms with Gasteiger partial charge in [0.1, 0.15) is 15.9 Å². The molecule has 0 aromatic heterocycles. The summed E-state index contributed by atoms with van der Waals surface area (Å²) >= 11 is 0. The molecule has 20 heavy (non-hydrogen) atoms. The summed E-state index contributed by atoms with van der Waals surface area (Å²) in [5, 5.41) is 14.7. The number of amides is 1. The average molecular weight is 306 g/mol. The molecule has 0 saturated carbocycles. The largest absolute Gasteiger partial charge is 0.480 e. The summed E-state index contributed by atoms with van der Waals surface area (Å²) in [4.78, 5) is 23.4. The first-order valence-corrected chi connectivity index (χ1v) is 8.68. The van der Waals surface area contributed by atoms with E-state index in [1.54, 1.807) is 0 Å². The highest BCUT2D eigenvalue weighted by molar-refractivity contribution is 7.90. The molecule has 1 aliphatic rings. The fourth-order valence-electron chi connectivity index (χ4n) is 2.30. The van der Waals surface area contributed by atoms with E-state index in [9.17, 15) is 18.0 Å². The number of nitrogens with one attached hydrogen (secondary N) is 2. The van der Waals surface area contributed by atoms with Gasteiger partial charge in [-0.2, -0.15) is 0 Å². The third-order valence-electron chi connectivity index (χ3n) is 3.78. The minimum absolute atomic E-state index is 0.118. The maximum absolute atomic E-state index is 12.3. The van der Waals surface area contributed by atoms with Crippen molar-refractivity contribution in [3.05, 3.63) is 0 Å². The van der Waals surface area contributed by atoms with Crippen molar-refractivity contribution in [2.24, 2.45) is 5.41 Å². The van der Waals surface area contributed by atoms with Gasteiger partial charge in [-0.15, -0.1) is 0 Å². The standard InChI is InChI=1S/C12H22N2O5S/c1-3-12(5-6-13-8-12)11(17)14-9(10(15)16)4-7-20(2,18)19/h9,13H,3-8H2,1-2H3,(H,14,17)(H,15,16). The third-order valence-corrected chi connectivity index (χ3v) is 4.76. The van der Waals surface area contributed by atoms with Gasteiger partial charge in [0.2, 0.25) is 5.91 Å². The molecule has 1 aliphatic heterocycles. The van der Waals surface area contributed by atoms with E-state index in [4.69, 9.17) is 5.11 Å². The smallest absolute Gasteiger partial charge is 0.326 e. The molecule has 116 valence electrons. The molecule has 1 heterocycles. The predicted molar refractivity (Wildman–Crippen MR) is 74.1 cm³/mol. The Morgan fingerprint density at radius 2 is 2.10 bits per heavy atom. The van der Waals surface area contributed by atoms with Crippen LogP contribution in [-0.4, -0.2) is 56.5 Å². The SMILES string of the molecule is CCC1(C(=O)NC(CCS(C)(=O)=O)C(=O)O)CCNC1. The lowest BCUT2D eigenvalue weighted by atomic mass is 9.83. The highest BCUT2D eigenvalue weighted by atomic mass is 32.2. The first kappa shape index (κ1) is 16.9. The van der Waals surface area contributed by atoms with Crippen LogP contribution < -0.4 is 10.6 Å². The Bertz CT molecular complexity index is 468. The predicted octanol–water partition coefficient (Wildman–Crippen LogP) is -0.620. The topological polar surface area (TPSA) is 113 Å². The number of sulfone groups is 1. The van der Waals surface area contributed by atoms with E-state index in [1.807, 2.05) is 6.92 Å². The normalized spacial score (nSPS) is 24.3. The molecule has 0 spiro atoms. The first-order valence-electron chi connectivity index (χ1n) is 6.62. The Morgan fingerprint density at radius 1 is 1.45 bits per heavy atom. The summed E-state index contributed by atoms with van der Waals surface area (Å²) in [5.74, 6) is -1.79. The zero-order valence-corrected chi connectivity index (χ0v) is 12.6. The van der Waals surface area contributed by atoms with Gasteiger partial charge in [0, 0.05) is 12.8 Å². The van der Waals surface area contributed by atoms with E-state index < -0.39 is 27.3 Å². The van der Waals surface area contributed by atoms with E-state index in [2.05, 4.69) is 10.6 Å². The number of carbonyl (C=O) groups excluding carboxylic acids is 1. The van der Waals surface area contributed by atoms with Crippen molar-refractivity contribution in [2.45, 2.75) is 32.2 Å². The van der Waals surface area contributed by atoms with E-state index in [0.717, 1.165) is 12.8 Å². The van der Waals surface area contributed by atoms with Gasteiger partial charge in [-0.3, -0.25) is 4.79 Å². The van der Waals surface area contributed by atoms with Crippen molar-refractivity contribution in [1.29, 1.82) is 0 Å². The Labute approximate surface area is 119 Å². The van der Waals surface area contributed by atoms with Crippen molar-refractivity contribution < 1.29 is 23.1 Å². The van der Waals surface area contributed by atoms with Crippen LogP contribution in [0.25, 0.3) is 0 Å². The van der Waals surface area contributed by atoms with Gasteiger partial charge in [-0.1, -0.05) is 6.92 Å². The van der Waals surface area contributed by atoms with E-state index in [0.29, 0.717) is 19.4 Å². The lowest BCUT2D eigenvalue weighted by Gasteiger charge is -2.27. The Hall–Kier alpha value is -1.15. The zero-order chi connectivity index (χ0) is 15.4. The molecule has 0 radical (unpaired) electrons. The molecule has 2 unspecified atom stereocenters. The van der Waals surface area contributed by atoms with Crippen LogP contribution >= 0.6 is 0 Å². The molecule has 1 amide bonds. The quantitative estimate of drug-likeness (QED) is 0.578. The summed E-state index contributed by atoms with van der Waals surface area (Å²) in [7, 11) is -3.26. The minimum atomic E-state index is -3.26. The lowest BCUT2D eigenvalue weighted by Crippen LogP contribution is -2.49. The summed E-state index contributed by atoms with van der Waals surface area (Å²) in [6, 6.07) is -1.17. The van der Waals surface area contributed by atoms with Crippen LogP contribution in [0.2, 0.25) is 0 Å². The van der Waals surface area contributed by atoms with Gasteiger partial charge in [0.25, 0.3) is 0 Å². The van der Waals surface area contributed by atoms with Crippen LogP contribution in [0.1, 0.15) is 26.2 Å². The lowest BCUT2D eigenvalue weighted by molar-refractivity contribution is -0.143. The Balaban J connectivity index is 2.70. The van der Waals surface area contributed by atoms with Gasteiger partial charge in [-0.05, 0) is 25.8 Å². The molecule has 2 atom stereocenters. The van der Waals surface area contributed by atoms with E-state index >= 15 is 0 Å². The fraction of sp³-hybridized carbons (Fsp3) is 0.833. The van der Waals surface area contributed by atoms with Crippen LogP contribution in [0.5, 0.6) is 0 Å². The summed E-state index contributed by atoms with van der Waals surface area (Å²) in [6.45, 7) is 3.13. The highest BCUT2D eigenvalue weighted by Gasteiger charge is 2.40. The molecule has 8 heteroatoms. The zero-order valence-electron chi connectivity index (χ0n) is 11.8. The van der Waals surface area contributed by atoms with Gasteiger partial charge < -0.3 is 15.7 Å². The van der Waals surface area contributed by atoms with Crippen molar-refractivity contribution in [3.8, 4) is 0 Å². The maximum atomic E-state index is 12.3. The number of hydrogen-bond donors (Lipinski definition) is 3. The van der Waals surface area contributed by atoms with Gasteiger partial charge in [0.15, 0.2) is 0 Å². The van der Waals surface area contributed by atoms with Crippen LogP contribution in [0.4, 0.5) is 0 Å². The van der Waals surface area contributed by atoms with Crippen LogP contribution in [0, 0.1) is 5.41 Å². The molecule has 0 bridgehead atoms. The number of rotatable bonds is 7. The molecule has 1 rings (SSSR count). The molecule has 0 aromatic carbocycles. The maximum Gasteiger partial charge on any atom is 0.326 e. The second-order valence-electron chi connectivity index (χ2n) is 5.34. The minimum Gasteiger partial charge on any atom is -0.480 e. The summed E-state index contributed by atoms with van der Waals surface area (Å²) in [5.41, 5.74) is -0.585. The molecule has 1 saturated heterocycles. The van der Waals surface area contributed by atoms with Crippen LogP contribution in [-0.2, 0) is 19.4 Å². The molecular weight excluding hydrogens is 284 g/mol. The molecule has 0 aliphatic carbocycles. The average Bonchev–Trinajstić information content (AvgIpc) is 2.82. The number of carboxylic acid groups (broad SMARTS) is 1. The molecule has 3 N–H and O–H groups in total. The van der Waals surface area contributed by atoms with Crippen molar-refractivity contribution >= 4 is 21.7 Å². The molecule has 0 aromatic rings. The second-order valence-corrected chi connectivity index (χ2v) is 7.60. The Morgan fingerprint density at radius 3 is 2.50 bits per heavy atom. The summed E-state index contributed by atoms with van der Waals surface area (Å²) < 4.78 is 22.2. The molecular formula is C12H22N2O5S. The first-order chi connectivity index (χ1) is 9.20. The van der Waals surface area contributed by atoms with Gasteiger partial charge >= 0.3 is 5.97 Å². The van der Waals surface area contributed by atoms with Crippen molar-refractivity contribution in [2.75, 3.05) is 25.1 Å². The highest BCUT2D eigenvalue weighted by Crippen LogP contribution is 2.29. The fourth-order valence-corrected chi connectivity index (χ4v) is 2.96. The second kappa shape index (κ2) is 6.53. The number of carbonyl (C=O) groups is 2.